The van der Waals surface area contributed by atoms with Gasteiger partial charge < -0.3 is 10.1 Å². The van der Waals surface area contributed by atoms with Crippen molar-refractivity contribution in [2.24, 2.45) is 0 Å². The van der Waals surface area contributed by atoms with E-state index in [0.29, 0.717) is 6.61 Å². The molecule has 2 aromatic rings. The normalized spacial score (nSPS) is 17.5. The van der Waals surface area contributed by atoms with Crippen LogP contribution in [0.4, 0.5) is 4.39 Å². The molecule has 1 atom stereocenters. The maximum Gasteiger partial charge on any atom is 0.254 e. The van der Waals surface area contributed by atoms with Gasteiger partial charge in [-0.15, -0.1) is 0 Å². The van der Waals surface area contributed by atoms with Crippen LogP contribution >= 0.6 is 0 Å². The van der Waals surface area contributed by atoms with Gasteiger partial charge in [-0.2, -0.15) is 0 Å². The van der Waals surface area contributed by atoms with Crippen LogP contribution in [0.25, 0.3) is 0 Å². The number of benzene rings is 2. The van der Waals surface area contributed by atoms with Crippen molar-refractivity contribution in [2.45, 2.75) is 50.9 Å². The zero-order chi connectivity index (χ0) is 23.3. The number of hydrogen-bond acceptors (Lipinski definition) is 5. The van der Waals surface area contributed by atoms with Crippen molar-refractivity contribution < 1.29 is 22.3 Å². The van der Waals surface area contributed by atoms with Gasteiger partial charge in [0.15, 0.2) is 0 Å². The van der Waals surface area contributed by atoms with Crippen LogP contribution in [0.1, 0.15) is 42.3 Å². The number of halogens is 1. The Morgan fingerprint density at radius 3 is 2.69 bits per heavy atom. The zero-order valence-corrected chi connectivity index (χ0v) is 19.4. The molecule has 1 unspecified atom stereocenters. The van der Waals surface area contributed by atoms with E-state index in [9.17, 15) is 17.6 Å². The predicted octanol–water partition coefficient (Wildman–Crippen LogP) is 2.66. The fourth-order valence-corrected chi connectivity index (χ4v) is 4.91. The number of carbonyl (C=O) groups excluding carboxylic acids is 1. The van der Waals surface area contributed by atoms with Crippen LogP contribution in [0.3, 0.4) is 0 Å². The smallest absolute Gasteiger partial charge is 0.254 e. The lowest BCUT2D eigenvalue weighted by molar-refractivity contribution is -0.0212. The molecule has 1 saturated heterocycles. The molecule has 3 rings (SSSR count). The summed E-state index contributed by atoms with van der Waals surface area (Å²) < 4.78 is 47.0. The Morgan fingerprint density at radius 2 is 1.97 bits per heavy atom. The quantitative estimate of drug-likeness (QED) is 0.629. The predicted molar refractivity (Wildman–Crippen MR) is 120 cm³/mol. The van der Waals surface area contributed by atoms with Crippen molar-refractivity contribution in [3.8, 4) is 0 Å². The molecule has 1 aliphatic heterocycles. The number of morpholine rings is 1. The number of ether oxygens (including phenoxy) is 1. The number of nitrogens with one attached hydrogen (secondary N) is 2. The van der Waals surface area contributed by atoms with E-state index >= 15 is 0 Å². The van der Waals surface area contributed by atoms with E-state index in [1.807, 2.05) is 24.3 Å². The summed E-state index contributed by atoms with van der Waals surface area (Å²) >= 11 is 0. The highest BCUT2D eigenvalue weighted by Gasteiger charge is 2.20. The van der Waals surface area contributed by atoms with Gasteiger partial charge in [0.1, 0.15) is 5.82 Å². The van der Waals surface area contributed by atoms with Crippen LogP contribution in [-0.4, -0.2) is 51.1 Å². The lowest BCUT2D eigenvalue weighted by Gasteiger charge is -2.31. The third-order valence-electron chi connectivity index (χ3n) is 5.06. The summed E-state index contributed by atoms with van der Waals surface area (Å²) in [4.78, 5) is 14.8. The van der Waals surface area contributed by atoms with Gasteiger partial charge in [-0.25, -0.2) is 17.5 Å². The molecule has 2 N–H and O–H groups in total. The van der Waals surface area contributed by atoms with E-state index in [1.165, 1.54) is 0 Å². The van der Waals surface area contributed by atoms with E-state index in [4.69, 9.17) is 4.74 Å². The minimum Gasteiger partial charge on any atom is -0.376 e. The van der Waals surface area contributed by atoms with Crippen LogP contribution in [0.15, 0.2) is 47.4 Å². The molecule has 9 heteroatoms. The Hall–Kier alpha value is -2.33. The van der Waals surface area contributed by atoms with Gasteiger partial charge in [-0.1, -0.05) is 24.3 Å². The molecule has 32 heavy (non-hydrogen) atoms. The largest absolute Gasteiger partial charge is 0.376 e. The van der Waals surface area contributed by atoms with Crippen LogP contribution < -0.4 is 10.0 Å². The van der Waals surface area contributed by atoms with E-state index < -0.39 is 21.7 Å². The summed E-state index contributed by atoms with van der Waals surface area (Å²) in [6.45, 7) is 8.85. The van der Waals surface area contributed by atoms with E-state index in [1.54, 1.807) is 13.8 Å². The van der Waals surface area contributed by atoms with Crippen molar-refractivity contribution in [3.05, 3.63) is 65.0 Å². The van der Waals surface area contributed by atoms with Crippen LogP contribution in [-0.2, 0) is 27.8 Å². The third kappa shape index (κ3) is 6.59. The Kier molecular flexibility index (Phi) is 8.00. The van der Waals surface area contributed by atoms with Gasteiger partial charge in [0.25, 0.3) is 5.91 Å². The molecule has 2 aromatic carbocycles. The van der Waals surface area contributed by atoms with Crippen molar-refractivity contribution in [1.82, 2.24) is 14.9 Å². The number of sulfonamides is 1. The van der Waals surface area contributed by atoms with Gasteiger partial charge in [0.2, 0.25) is 10.0 Å². The monoisotopic (exact) mass is 463 g/mol. The average Bonchev–Trinajstić information content (AvgIpc) is 2.71. The fourth-order valence-electron chi connectivity index (χ4n) is 3.63. The number of nitrogens with zero attached hydrogens (tertiary/aromatic N) is 1. The first-order valence-corrected chi connectivity index (χ1v) is 12.1. The second kappa shape index (κ2) is 10.5. The first-order chi connectivity index (χ1) is 15.1. The molecular formula is C23H30FN3O4S. The molecule has 1 aliphatic rings. The number of carbonyl (C=O) groups is 1. The second-order valence-electron chi connectivity index (χ2n) is 8.34. The van der Waals surface area contributed by atoms with Gasteiger partial charge >= 0.3 is 0 Å². The maximum absolute atomic E-state index is 14.3. The first-order valence-electron chi connectivity index (χ1n) is 10.7. The number of amides is 1. The van der Waals surface area contributed by atoms with Crippen molar-refractivity contribution in [2.75, 3.05) is 19.7 Å². The standard InChI is InChI=1S/C23H30FN3O4S/c1-16(2)26-32(29,30)20-7-8-22(24)21(12-20)23(28)25-13-18-5-4-6-19(11-18)15-27-9-10-31-17(3)14-27/h4-8,11-12,16-17,26H,9-10,13-15H2,1-3H3,(H,25,28). The molecule has 1 heterocycles. The van der Waals surface area contributed by atoms with E-state index in [0.717, 1.165) is 49.0 Å². The highest BCUT2D eigenvalue weighted by atomic mass is 32.2. The topological polar surface area (TPSA) is 87.7 Å². The fraction of sp³-hybridized carbons (Fsp3) is 0.435. The van der Waals surface area contributed by atoms with Gasteiger partial charge in [0, 0.05) is 32.2 Å². The molecule has 1 amide bonds. The molecule has 1 fully saturated rings. The van der Waals surface area contributed by atoms with Crippen LogP contribution in [0, 0.1) is 5.82 Å². The SMILES string of the molecule is CC(C)NS(=O)(=O)c1ccc(F)c(C(=O)NCc2cccc(CN3CCOC(C)C3)c2)c1. The summed E-state index contributed by atoms with van der Waals surface area (Å²) in [6, 6.07) is 10.7. The molecule has 0 spiro atoms. The van der Waals surface area contributed by atoms with Gasteiger partial charge in [-0.3, -0.25) is 9.69 Å². The second-order valence-corrected chi connectivity index (χ2v) is 10.1. The minimum absolute atomic E-state index is 0.153. The third-order valence-corrected chi connectivity index (χ3v) is 6.72. The highest BCUT2D eigenvalue weighted by molar-refractivity contribution is 7.89. The molecular weight excluding hydrogens is 433 g/mol. The van der Waals surface area contributed by atoms with Crippen molar-refractivity contribution in [3.63, 3.8) is 0 Å². The minimum atomic E-state index is -3.83. The first kappa shape index (κ1) is 24.3. The summed E-state index contributed by atoms with van der Waals surface area (Å²) in [5.41, 5.74) is 1.68. The molecule has 0 aromatic heterocycles. The highest BCUT2D eigenvalue weighted by Crippen LogP contribution is 2.17. The average molecular weight is 464 g/mol. The zero-order valence-electron chi connectivity index (χ0n) is 18.6. The van der Waals surface area contributed by atoms with Gasteiger partial charge in [-0.05, 0) is 50.1 Å². The number of hydrogen-bond donors (Lipinski definition) is 2. The lowest BCUT2D eigenvalue weighted by Crippen LogP contribution is -2.40. The van der Waals surface area contributed by atoms with Gasteiger partial charge in [0.05, 0.1) is 23.2 Å². The van der Waals surface area contributed by atoms with Crippen molar-refractivity contribution in [1.29, 1.82) is 0 Å². The summed E-state index contributed by atoms with van der Waals surface area (Å²) in [6.07, 6.45) is 0.205. The summed E-state index contributed by atoms with van der Waals surface area (Å²) in [5.74, 6) is -1.45. The molecule has 0 radical (unpaired) electrons. The van der Waals surface area contributed by atoms with E-state index in [-0.39, 0.29) is 29.1 Å². The maximum atomic E-state index is 14.3. The molecule has 0 bridgehead atoms. The van der Waals surface area contributed by atoms with Crippen molar-refractivity contribution >= 4 is 15.9 Å². The van der Waals surface area contributed by atoms with Crippen LogP contribution in [0.5, 0.6) is 0 Å². The molecule has 7 nitrogen and oxygen atoms in total. The lowest BCUT2D eigenvalue weighted by atomic mass is 10.1. The Labute approximate surface area is 189 Å². The Bertz CT molecular complexity index is 1060. The summed E-state index contributed by atoms with van der Waals surface area (Å²) in [5, 5.41) is 2.69. The molecule has 174 valence electrons. The molecule has 0 saturated carbocycles. The molecule has 0 aliphatic carbocycles. The summed E-state index contributed by atoms with van der Waals surface area (Å²) in [7, 11) is -3.83. The Morgan fingerprint density at radius 1 is 1.22 bits per heavy atom. The van der Waals surface area contributed by atoms with E-state index in [2.05, 4.69) is 21.9 Å². The number of rotatable bonds is 8. The van der Waals surface area contributed by atoms with Crippen LogP contribution in [0.2, 0.25) is 0 Å². The Balaban J connectivity index is 1.66.